The van der Waals surface area contributed by atoms with E-state index in [4.69, 9.17) is 0 Å². The highest BCUT2D eigenvalue weighted by atomic mass is 32.1. The zero-order valence-corrected chi connectivity index (χ0v) is 12.6. The lowest BCUT2D eigenvalue weighted by molar-refractivity contribution is -0.121. The third-order valence-corrected chi connectivity index (χ3v) is 2.67. The third-order valence-electron chi connectivity index (χ3n) is 2.39. The van der Waals surface area contributed by atoms with Gasteiger partial charge in [0.15, 0.2) is 0 Å². The molecule has 0 atom stereocenters. The molecule has 2 amide bonds. The molecule has 4 nitrogen and oxygen atoms in total. The van der Waals surface area contributed by atoms with Crippen LogP contribution in [0.4, 0.5) is 0 Å². The van der Waals surface area contributed by atoms with E-state index in [2.05, 4.69) is 23.3 Å². The molecule has 0 saturated carbocycles. The summed E-state index contributed by atoms with van der Waals surface area (Å²) in [5.74, 6) is -0.474. The lowest BCUT2D eigenvalue weighted by atomic mass is 10.1. The predicted molar refractivity (Wildman–Crippen MR) is 78.7 cm³/mol. The highest BCUT2D eigenvalue weighted by Crippen LogP contribution is 2.13. The van der Waals surface area contributed by atoms with Crippen molar-refractivity contribution < 1.29 is 9.59 Å². The predicted octanol–water partition coefficient (Wildman–Crippen LogP) is 1.93. The molecule has 0 aliphatic heterocycles. The van der Waals surface area contributed by atoms with Crippen LogP contribution in [0.5, 0.6) is 0 Å². The summed E-state index contributed by atoms with van der Waals surface area (Å²) in [6.45, 7) is 7.48. The first-order chi connectivity index (χ1) is 8.69. The second-order valence-electron chi connectivity index (χ2n) is 5.48. The first-order valence-electron chi connectivity index (χ1n) is 6.08. The summed E-state index contributed by atoms with van der Waals surface area (Å²) in [6, 6.07) is 5.34. The molecular formula is C14H20N2O2S. The van der Waals surface area contributed by atoms with Crippen LogP contribution >= 0.6 is 12.6 Å². The van der Waals surface area contributed by atoms with Gasteiger partial charge in [-0.3, -0.25) is 9.59 Å². The summed E-state index contributed by atoms with van der Waals surface area (Å²) in [5, 5.41) is 5.39. The molecule has 0 fully saturated rings. The summed E-state index contributed by atoms with van der Waals surface area (Å²) in [7, 11) is 0. The molecule has 0 aliphatic carbocycles. The molecule has 0 bridgehead atoms. The minimum absolute atomic E-state index is 0.0354. The van der Waals surface area contributed by atoms with Gasteiger partial charge in [-0.05, 0) is 45.4 Å². The topological polar surface area (TPSA) is 58.2 Å². The van der Waals surface area contributed by atoms with Gasteiger partial charge in [0, 0.05) is 16.0 Å². The standard InChI is InChI=1S/C14H20N2O2S/c1-9-5-6-10(19)7-11(9)13(18)15-8-12(17)16-14(2,3)4/h5-7,19H,8H2,1-4H3,(H,15,18)(H,16,17). The van der Waals surface area contributed by atoms with Crippen molar-refractivity contribution in [1.29, 1.82) is 0 Å². The Morgan fingerprint density at radius 1 is 1.26 bits per heavy atom. The fraction of sp³-hybridized carbons (Fsp3) is 0.429. The summed E-state index contributed by atoms with van der Waals surface area (Å²) < 4.78 is 0. The molecule has 0 unspecified atom stereocenters. The van der Waals surface area contributed by atoms with E-state index in [0.717, 1.165) is 10.5 Å². The van der Waals surface area contributed by atoms with Crippen LogP contribution < -0.4 is 10.6 Å². The Hall–Kier alpha value is -1.49. The Morgan fingerprint density at radius 3 is 2.47 bits per heavy atom. The first-order valence-corrected chi connectivity index (χ1v) is 6.52. The smallest absolute Gasteiger partial charge is 0.252 e. The normalized spacial score (nSPS) is 11.0. The number of hydrogen-bond donors (Lipinski definition) is 3. The molecule has 19 heavy (non-hydrogen) atoms. The number of thiol groups is 1. The average molecular weight is 280 g/mol. The second-order valence-corrected chi connectivity index (χ2v) is 6.00. The van der Waals surface area contributed by atoms with Crippen LogP contribution in [0.15, 0.2) is 23.1 Å². The van der Waals surface area contributed by atoms with Crippen LogP contribution in [0.25, 0.3) is 0 Å². The monoisotopic (exact) mass is 280 g/mol. The van der Waals surface area contributed by atoms with Gasteiger partial charge in [-0.25, -0.2) is 0 Å². The summed E-state index contributed by atoms with van der Waals surface area (Å²) >= 11 is 4.20. The largest absolute Gasteiger partial charge is 0.350 e. The molecule has 1 aromatic rings. The SMILES string of the molecule is Cc1ccc(S)cc1C(=O)NCC(=O)NC(C)(C)C. The lowest BCUT2D eigenvalue weighted by Gasteiger charge is -2.20. The molecule has 2 N–H and O–H groups in total. The highest BCUT2D eigenvalue weighted by Gasteiger charge is 2.15. The number of hydrogen-bond acceptors (Lipinski definition) is 3. The quantitative estimate of drug-likeness (QED) is 0.741. The molecule has 104 valence electrons. The van der Waals surface area contributed by atoms with E-state index in [1.165, 1.54) is 0 Å². The van der Waals surface area contributed by atoms with Crippen LogP contribution in [0.2, 0.25) is 0 Å². The lowest BCUT2D eigenvalue weighted by Crippen LogP contribution is -2.45. The van der Waals surface area contributed by atoms with Crippen LogP contribution in [0.1, 0.15) is 36.7 Å². The Balaban J connectivity index is 2.61. The summed E-state index contributed by atoms with van der Waals surface area (Å²) in [6.07, 6.45) is 0. The minimum Gasteiger partial charge on any atom is -0.350 e. The number of carbonyl (C=O) groups excluding carboxylic acids is 2. The van der Waals surface area contributed by atoms with Crippen LogP contribution in [-0.2, 0) is 4.79 Å². The number of carbonyl (C=O) groups is 2. The van der Waals surface area contributed by atoms with Crippen molar-refractivity contribution in [1.82, 2.24) is 10.6 Å². The van der Waals surface area contributed by atoms with Crippen LogP contribution in [-0.4, -0.2) is 23.9 Å². The van der Waals surface area contributed by atoms with Crippen LogP contribution in [0.3, 0.4) is 0 Å². The molecule has 0 aliphatic rings. The van der Waals surface area contributed by atoms with E-state index in [-0.39, 0.29) is 23.9 Å². The van der Waals surface area contributed by atoms with E-state index in [9.17, 15) is 9.59 Å². The number of nitrogens with one attached hydrogen (secondary N) is 2. The Morgan fingerprint density at radius 2 is 1.89 bits per heavy atom. The van der Waals surface area contributed by atoms with Gasteiger partial charge >= 0.3 is 0 Å². The summed E-state index contributed by atoms with van der Waals surface area (Å²) in [4.78, 5) is 24.3. The first kappa shape index (κ1) is 15.6. The molecule has 5 heteroatoms. The van der Waals surface area contributed by atoms with Gasteiger partial charge in [0.1, 0.15) is 0 Å². The molecule has 1 rings (SSSR count). The number of rotatable bonds is 3. The number of aryl methyl sites for hydroxylation is 1. The zero-order chi connectivity index (χ0) is 14.6. The van der Waals surface area contributed by atoms with E-state index in [0.29, 0.717) is 5.56 Å². The van der Waals surface area contributed by atoms with E-state index in [1.54, 1.807) is 6.07 Å². The van der Waals surface area contributed by atoms with Crippen molar-refractivity contribution in [2.45, 2.75) is 38.1 Å². The Bertz CT molecular complexity index is 493. The molecule has 0 spiro atoms. The van der Waals surface area contributed by atoms with Crippen molar-refractivity contribution in [3.63, 3.8) is 0 Å². The molecule has 0 saturated heterocycles. The van der Waals surface area contributed by atoms with E-state index < -0.39 is 0 Å². The van der Waals surface area contributed by atoms with Gasteiger partial charge in [-0.1, -0.05) is 6.07 Å². The maximum absolute atomic E-state index is 12.0. The maximum atomic E-state index is 12.0. The van der Waals surface area contributed by atoms with Crippen molar-refractivity contribution in [3.8, 4) is 0 Å². The van der Waals surface area contributed by atoms with Crippen molar-refractivity contribution in [2.24, 2.45) is 0 Å². The summed E-state index contributed by atoms with van der Waals surface area (Å²) in [5.41, 5.74) is 1.09. The van der Waals surface area contributed by atoms with Crippen molar-refractivity contribution in [2.75, 3.05) is 6.54 Å². The second kappa shape index (κ2) is 6.10. The number of amides is 2. The average Bonchev–Trinajstić information content (AvgIpc) is 2.27. The van der Waals surface area contributed by atoms with Gasteiger partial charge in [0.05, 0.1) is 6.54 Å². The highest BCUT2D eigenvalue weighted by molar-refractivity contribution is 7.80. The zero-order valence-electron chi connectivity index (χ0n) is 11.7. The van der Waals surface area contributed by atoms with Crippen molar-refractivity contribution >= 4 is 24.4 Å². The maximum Gasteiger partial charge on any atom is 0.252 e. The van der Waals surface area contributed by atoms with Gasteiger partial charge < -0.3 is 10.6 Å². The van der Waals surface area contributed by atoms with Crippen molar-refractivity contribution in [3.05, 3.63) is 29.3 Å². The van der Waals surface area contributed by atoms with Gasteiger partial charge in [-0.2, -0.15) is 0 Å². The van der Waals surface area contributed by atoms with Gasteiger partial charge in [-0.15, -0.1) is 12.6 Å². The molecule has 0 radical (unpaired) electrons. The molecule has 0 aromatic heterocycles. The Labute approximate surface area is 119 Å². The fourth-order valence-corrected chi connectivity index (χ4v) is 1.78. The van der Waals surface area contributed by atoms with E-state index in [1.807, 2.05) is 39.8 Å². The Kier molecular flexibility index (Phi) is 5.00. The van der Waals surface area contributed by atoms with Crippen LogP contribution in [0, 0.1) is 6.92 Å². The molecular weight excluding hydrogens is 260 g/mol. The fourth-order valence-electron chi connectivity index (χ4n) is 1.57. The molecule has 1 aromatic carbocycles. The van der Waals surface area contributed by atoms with Gasteiger partial charge in [0.25, 0.3) is 5.91 Å². The van der Waals surface area contributed by atoms with Gasteiger partial charge in [0.2, 0.25) is 5.91 Å². The number of benzene rings is 1. The van der Waals surface area contributed by atoms with E-state index >= 15 is 0 Å². The minimum atomic E-state index is -0.303. The third kappa shape index (κ3) is 5.34. The molecule has 0 heterocycles.